The lowest BCUT2D eigenvalue weighted by molar-refractivity contribution is -0.0950. The highest BCUT2D eigenvalue weighted by atomic mass is 16.6. The molecule has 4 aromatic rings. The second-order valence-corrected chi connectivity index (χ2v) is 7.96. The van der Waals surface area contributed by atoms with E-state index in [4.69, 9.17) is 4.74 Å². The topological polar surface area (TPSA) is 141 Å². The van der Waals surface area contributed by atoms with Crippen LogP contribution >= 0.6 is 0 Å². The lowest BCUT2D eigenvalue weighted by Gasteiger charge is -2.27. The highest BCUT2D eigenvalue weighted by Gasteiger charge is 2.53. The Morgan fingerprint density at radius 3 is 2.90 bits per heavy atom. The van der Waals surface area contributed by atoms with Crippen LogP contribution in [0.25, 0.3) is 22.1 Å². The number of aromatic nitrogens is 5. The summed E-state index contributed by atoms with van der Waals surface area (Å²) < 4.78 is 7.25. The van der Waals surface area contributed by atoms with Gasteiger partial charge in [0.1, 0.15) is 24.1 Å². The maximum absolute atomic E-state index is 10.8. The molecule has 1 saturated heterocycles. The predicted molar refractivity (Wildman–Crippen MR) is 113 cm³/mol. The molecule has 1 aliphatic rings. The molecule has 4 atom stereocenters. The van der Waals surface area contributed by atoms with E-state index in [2.05, 4.69) is 31.3 Å². The van der Waals surface area contributed by atoms with Gasteiger partial charge in [-0.1, -0.05) is 18.2 Å². The largest absolute Gasteiger partial charge is 0.394 e. The molecule has 0 bridgehead atoms. The normalized spacial score (nSPS) is 26.1. The minimum Gasteiger partial charge on any atom is -0.394 e. The zero-order valence-corrected chi connectivity index (χ0v) is 16.9. The molecule has 10 nitrogen and oxygen atoms in total. The number of hydrogen-bond acceptors (Lipinski definition) is 8. The Bertz CT molecular complexity index is 1220. The van der Waals surface area contributed by atoms with Crippen LogP contribution in [0, 0.1) is 0 Å². The summed E-state index contributed by atoms with van der Waals surface area (Å²) in [7, 11) is 0. The fourth-order valence-corrected chi connectivity index (χ4v) is 4.20. The SMILES string of the molecule is C[C@@]1(O)C(O)C(CO)OC1n1cnc2c(NCCc3c[nH]c4ccccc34)ncnc21. The van der Waals surface area contributed by atoms with Crippen molar-refractivity contribution in [1.29, 1.82) is 0 Å². The average Bonchev–Trinajstić information content (AvgIpc) is 3.44. The van der Waals surface area contributed by atoms with Crippen molar-refractivity contribution in [3.8, 4) is 0 Å². The van der Waals surface area contributed by atoms with Gasteiger partial charge < -0.3 is 30.4 Å². The Morgan fingerprint density at radius 1 is 1.26 bits per heavy atom. The van der Waals surface area contributed by atoms with Crippen LogP contribution in [0.2, 0.25) is 0 Å². The molecule has 5 rings (SSSR count). The van der Waals surface area contributed by atoms with Crippen LogP contribution in [0.4, 0.5) is 5.82 Å². The first kappa shape index (κ1) is 19.9. The highest BCUT2D eigenvalue weighted by Crippen LogP contribution is 2.39. The second-order valence-electron chi connectivity index (χ2n) is 7.96. The van der Waals surface area contributed by atoms with Crippen LogP contribution in [0.15, 0.2) is 43.1 Å². The maximum atomic E-state index is 10.8. The molecule has 3 unspecified atom stereocenters. The van der Waals surface area contributed by atoms with Gasteiger partial charge >= 0.3 is 0 Å². The molecule has 3 aromatic heterocycles. The van der Waals surface area contributed by atoms with Crippen molar-refractivity contribution in [2.75, 3.05) is 18.5 Å². The molecule has 0 saturated carbocycles. The van der Waals surface area contributed by atoms with Crippen LogP contribution in [0.5, 0.6) is 0 Å². The van der Waals surface area contributed by atoms with Gasteiger partial charge in [-0.05, 0) is 25.0 Å². The summed E-state index contributed by atoms with van der Waals surface area (Å²) in [6.45, 7) is 1.70. The molecular weight excluding hydrogens is 400 g/mol. The van der Waals surface area contributed by atoms with Crippen LogP contribution in [0.3, 0.4) is 0 Å². The fraction of sp³-hybridized carbons (Fsp3) is 0.381. The minimum absolute atomic E-state index is 0.407. The number of aromatic amines is 1. The van der Waals surface area contributed by atoms with Crippen LogP contribution < -0.4 is 5.32 Å². The number of benzene rings is 1. The smallest absolute Gasteiger partial charge is 0.168 e. The van der Waals surface area contributed by atoms with Crippen molar-refractivity contribution in [2.24, 2.45) is 0 Å². The van der Waals surface area contributed by atoms with Gasteiger partial charge in [-0.3, -0.25) is 4.57 Å². The first-order chi connectivity index (χ1) is 15.0. The van der Waals surface area contributed by atoms with E-state index in [0.29, 0.717) is 23.5 Å². The quantitative estimate of drug-likeness (QED) is 0.308. The molecule has 1 fully saturated rings. The number of rotatable bonds is 6. The van der Waals surface area contributed by atoms with Gasteiger partial charge in [0.15, 0.2) is 23.2 Å². The predicted octanol–water partition coefficient (Wildman–Crippen LogP) is 0.964. The lowest BCUT2D eigenvalue weighted by atomic mass is 9.96. The summed E-state index contributed by atoms with van der Waals surface area (Å²) in [6.07, 6.45) is 2.64. The Hall–Kier alpha value is -3.05. The Labute approximate surface area is 177 Å². The number of hydrogen-bond donors (Lipinski definition) is 5. The molecular formula is C21H24N6O4. The summed E-state index contributed by atoms with van der Waals surface area (Å²) in [5.74, 6) is 0.570. The molecule has 10 heteroatoms. The molecule has 4 heterocycles. The van der Waals surface area contributed by atoms with Crippen molar-refractivity contribution in [3.05, 3.63) is 48.7 Å². The third-order valence-electron chi connectivity index (χ3n) is 5.91. The third kappa shape index (κ3) is 3.24. The standard InChI is InChI=1S/C21H24N6O4/c1-21(30)17(29)15(9-28)31-20(21)27-11-26-16-18(24-10-25-19(16)27)22-7-6-12-8-23-14-5-3-2-4-13(12)14/h2-5,8,10-11,15,17,20,23,28-30H,6-7,9H2,1H3,(H,22,24,25)/t15?,17?,20?,21-/m1/s1. The van der Waals surface area contributed by atoms with Crippen LogP contribution in [-0.2, 0) is 11.2 Å². The molecule has 1 aliphatic heterocycles. The number of H-pyrrole nitrogens is 1. The van der Waals surface area contributed by atoms with E-state index in [-0.39, 0.29) is 0 Å². The van der Waals surface area contributed by atoms with E-state index < -0.39 is 30.6 Å². The van der Waals surface area contributed by atoms with Crippen LogP contribution in [0.1, 0.15) is 18.7 Å². The van der Waals surface area contributed by atoms with E-state index >= 15 is 0 Å². The maximum Gasteiger partial charge on any atom is 0.168 e. The Kier molecular flexibility index (Phi) is 4.86. The number of aliphatic hydroxyl groups is 3. The third-order valence-corrected chi connectivity index (χ3v) is 5.91. The number of anilines is 1. The van der Waals surface area contributed by atoms with E-state index in [1.54, 1.807) is 4.57 Å². The molecule has 0 radical (unpaired) electrons. The molecule has 0 aliphatic carbocycles. The zero-order chi connectivity index (χ0) is 21.6. The number of nitrogens with zero attached hydrogens (tertiary/aromatic N) is 4. The number of imidazole rings is 1. The van der Waals surface area contributed by atoms with Crippen molar-refractivity contribution in [3.63, 3.8) is 0 Å². The number of nitrogens with one attached hydrogen (secondary N) is 2. The first-order valence-electron chi connectivity index (χ1n) is 10.1. The lowest BCUT2D eigenvalue weighted by Crippen LogP contribution is -2.44. The summed E-state index contributed by atoms with van der Waals surface area (Å²) in [5, 5.41) is 35.0. The minimum atomic E-state index is -1.62. The van der Waals surface area contributed by atoms with Gasteiger partial charge in [0.2, 0.25) is 0 Å². The average molecular weight is 424 g/mol. The molecule has 0 amide bonds. The summed E-state index contributed by atoms with van der Waals surface area (Å²) in [6, 6.07) is 8.16. The van der Waals surface area contributed by atoms with Crippen molar-refractivity contribution < 1.29 is 20.1 Å². The highest BCUT2D eigenvalue weighted by molar-refractivity contribution is 5.84. The number of fused-ring (bicyclic) bond motifs is 2. The summed E-state index contributed by atoms with van der Waals surface area (Å²) >= 11 is 0. The van der Waals surface area contributed by atoms with E-state index in [9.17, 15) is 15.3 Å². The second kappa shape index (κ2) is 7.57. The van der Waals surface area contributed by atoms with Crippen LogP contribution in [-0.4, -0.2) is 70.8 Å². The van der Waals surface area contributed by atoms with E-state index in [1.807, 2.05) is 24.4 Å². The van der Waals surface area contributed by atoms with Crippen molar-refractivity contribution in [2.45, 2.75) is 37.4 Å². The first-order valence-corrected chi connectivity index (χ1v) is 10.1. The zero-order valence-electron chi connectivity index (χ0n) is 16.9. The monoisotopic (exact) mass is 424 g/mol. The van der Waals surface area contributed by atoms with E-state index in [0.717, 1.165) is 11.9 Å². The number of para-hydroxylation sites is 1. The van der Waals surface area contributed by atoms with Gasteiger partial charge in [-0.25, -0.2) is 15.0 Å². The molecule has 1 aromatic carbocycles. The summed E-state index contributed by atoms with van der Waals surface area (Å²) in [4.78, 5) is 16.3. The van der Waals surface area contributed by atoms with Gasteiger partial charge in [0, 0.05) is 23.6 Å². The van der Waals surface area contributed by atoms with Gasteiger partial charge in [-0.15, -0.1) is 0 Å². The van der Waals surface area contributed by atoms with Crippen molar-refractivity contribution >= 4 is 27.9 Å². The van der Waals surface area contributed by atoms with Gasteiger partial charge in [0.25, 0.3) is 0 Å². The molecule has 162 valence electrons. The van der Waals surface area contributed by atoms with E-state index in [1.165, 1.54) is 30.5 Å². The summed E-state index contributed by atoms with van der Waals surface area (Å²) in [5.41, 5.74) is 1.68. The Morgan fingerprint density at radius 2 is 2.10 bits per heavy atom. The number of aliphatic hydroxyl groups excluding tert-OH is 2. The Balaban J connectivity index is 1.37. The molecule has 5 N–H and O–H groups in total. The fourth-order valence-electron chi connectivity index (χ4n) is 4.20. The number of ether oxygens (including phenoxy) is 1. The molecule has 31 heavy (non-hydrogen) atoms. The van der Waals surface area contributed by atoms with Gasteiger partial charge in [0.05, 0.1) is 12.9 Å². The molecule has 0 spiro atoms. The van der Waals surface area contributed by atoms with Crippen molar-refractivity contribution in [1.82, 2.24) is 24.5 Å². The van der Waals surface area contributed by atoms with Gasteiger partial charge in [-0.2, -0.15) is 0 Å².